The molecule has 0 amide bonds. The Hall–Kier alpha value is -1.67. The summed E-state index contributed by atoms with van der Waals surface area (Å²) in [6.45, 7) is 2.79. The average molecular weight is 404 g/mol. The van der Waals surface area contributed by atoms with Crippen LogP contribution >= 0.6 is 23.2 Å². The molecule has 0 radical (unpaired) electrons. The lowest BCUT2D eigenvalue weighted by atomic mass is 10.2. The van der Waals surface area contributed by atoms with Gasteiger partial charge in [-0.3, -0.25) is 0 Å². The molecule has 0 spiro atoms. The molecule has 0 atom stereocenters. The monoisotopic (exact) mass is 403 g/mol. The highest BCUT2D eigenvalue weighted by atomic mass is 35.5. The Balaban J connectivity index is 2.92. The first-order chi connectivity index (χ1) is 11.6. The molecule has 1 aromatic carbocycles. The van der Waals surface area contributed by atoms with Crippen molar-refractivity contribution in [1.29, 1.82) is 0 Å². The van der Waals surface area contributed by atoms with Crippen LogP contribution in [0.2, 0.25) is 5.02 Å². The van der Waals surface area contributed by atoms with Gasteiger partial charge in [0.1, 0.15) is 24.5 Å². The molecular formula is C15H15Cl2F4NO3. The van der Waals surface area contributed by atoms with E-state index in [9.17, 15) is 17.6 Å². The van der Waals surface area contributed by atoms with E-state index in [0.717, 1.165) is 12.1 Å². The van der Waals surface area contributed by atoms with E-state index in [-0.39, 0.29) is 30.6 Å². The van der Waals surface area contributed by atoms with Gasteiger partial charge in [-0.1, -0.05) is 28.4 Å². The molecule has 0 saturated heterocycles. The Morgan fingerprint density at radius 3 is 2.44 bits per heavy atom. The molecular weight excluding hydrogens is 389 g/mol. The van der Waals surface area contributed by atoms with Gasteiger partial charge in [0.25, 0.3) is 0 Å². The number of ether oxygens (including phenoxy) is 2. The maximum absolute atomic E-state index is 13.2. The summed E-state index contributed by atoms with van der Waals surface area (Å²) in [4.78, 5) is 4.84. The molecule has 1 rings (SSSR count). The minimum atomic E-state index is -4.73. The first-order valence-corrected chi connectivity index (χ1v) is 7.67. The zero-order valence-electron chi connectivity index (χ0n) is 13.3. The van der Waals surface area contributed by atoms with Gasteiger partial charge in [0.15, 0.2) is 17.6 Å². The molecule has 4 nitrogen and oxygen atoms in total. The van der Waals surface area contributed by atoms with Crippen molar-refractivity contribution in [2.45, 2.75) is 20.0 Å². The topological polar surface area (TPSA) is 40.0 Å². The lowest BCUT2D eigenvalue weighted by molar-refractivity contribution is -0.139. The van der Waals surface area contributed by atoms with Crippen molar-refractivity contribution >= 4 is 28.9 Å². The van der Waals surface area contributed by atoms with Crippen LogP contribution in [0.25, 0.3) is 0 Å². The van der Waals surface area contributed by atoms with Gasteiger partial charge in [0, 0.05) is 12.1 Å². The van der Waals surface area contributed by atoms with Gasteiger partial charge in [-0.15, -0.1) is 0 Å². The highest BCUT2D eigenvalue weighted by Crippen LogP contribution is 2.43. The van der Waals surface area contributed by atoms with E-state index < -0.39 is 22.8 Å². The molecule has 0 unspecified atom stereocenters. The highest BCUT2D eigenvalue weighted by Gasteiger charge is 2.36. The summed E-state index contributed by atoms with van der Waals surface area (Å²) in [5, 5.41) is 2.28. The standard InChI is InChI=1S/C15H15Cl2F4NO3/c1-9(2)22-25-6-5-24-14-11(15(19,20)21)7-10(8-12(14)16)23-4-3-13(17)18/h3,7-8H,4-6H2,1-2H3/b13-3-. The molecule has 0 bridgehead atoms. The molecule has 0 aliphatic carbocycles. The van der Waals surface area contributed by atoms with Crippen LogP contribution in [-0.4, -0.2) is 25.5 Å². The summed E-state index contributed by atoms with van der Waals surface area (Å²) in [5.74, 6) is -0.761. The molecule has 0 fully saturated rings. The molecule has 0 aliphatic rings. The average Bonchev–Trinajstić information content (AvgIpc) is 2.46. The van der Waals surface area contributed by atoms with Crippen LogP contribution in [0.4, 0.5) is 17.6 Å². The fourth-order valence-corrected chi connectivity index (χ4v) is 1.89. The Morgan fingerprint density at radius 1 is 1.20 bits per heavy atom. The second-order valence-electron chi connectivity index (χ2n) is 4.80. The molecule has 1 aromatic rings. The van der Waals surface area contributed by atoms with Crippen molar-refractivity contribution in [2.75, 3.05) is 19.8 Å². The smallest absolute Gasteiger partial charge is 0.420 e. The molecule has 0 heterocycles. The van der Waals surface area contributed by atoms with Crippen molar-refractivity contribution in [3.05, 3.63) is 34.1 Å². The summed E-state index contributed by atoms with van der Waals surface area (Å²) >= 11 is 10.8. The van der Waals surface area contributed by atoms with E-state index in [4.69, 9.17) is 37.5 Å². The van der Waals surface area contributed by atoms with Crippen LogP contribution in [0.5, 0.6) is 11.5 Å². The number of oxime groups is 1. The first kappa shape index (κ1) is 21.4. The normalized spacial score (nSPS) is 11.9. The number of nitrogens with zero attached hydrogens (tertiary/aromatic N) is 1. The maximum Gasteiger partial charge on any atom is 0.420 e. The van der Waals surface area contributed by atoms with Crippen molar-refractivity contribution < 1.29 is 31.9 Å². The second-order valence-corrected chi connectivity index (χ2v) is 5.57. The van der Waals surface area contributed by atoms with Crippen LogP contribution in [0, 0.1) is 0 Å². The third-order valence-electron chi connectivity index (χ3n) is 2.48. The Kier molecular flexibility index (Phi) is 8.31. The lowest BCUT2D eigenvalue weighted by Crippen LogP contribution is -2.12. The largest absolute Gasteiger partial charge is 0.489 e. The Labute approximate surface area is 151 Å². The third-order valence-corrected chi connectivity index (χ3v) is 2.91. The van der Waals surface area contributed by atoms with Crippen LogP contribution in [0.1, 0.15) is 19.4 Å². The SMILES string of the molecule is CC(C)=NOCCOc1c(Cl)cc(OC/C=C(\F)Cl)cc1C(F)(F)F. The predicted octanol–water partition coefficient (Wildman–Crippen LogP) is 5.58. The molecule has 25 heavy (non-hydrogen) atoms. The molecule has 0 saturated carbocycles. The summed E-state index contributed by atoms with van der Waals surface area (Å²) < 4.78 is 62.0. The van der Waals surface area contributed by atoms with Crippen molar-refractivity contribution in [1.82, 2.24) is 0 Å². The van der Waals surface area contributed by atoms with Gasteiger partial charge >= 0.3 is 6.18 Å². The van der Waals surface area contributed by atoms with Crippen LogP contribution < -0.4 is 9.47 Å². The van der Waals surface area contributed by atoms with Crippen molar-refractivity contribution in [3.63, 3.8) is 0 Å². The van der Waals surface area contributed by atoms with E-state index >= 15 is 0 Å². The molecule has 0 N–H and O–H groups in total. The quantitative estimate of drug-likeness (QED) is 0.246. The molecule has 10 heteroatoms. The number of hydrogen-bond acceptors (Lipinski definition) is 4. The third kappa shape index (κ3) is 7.83. The van der Waals surface area contributed by atoms with Gasteiger partial charge in [0.2, 0.25) is 0 Å². The fourth-order valence-electron chi connectivity index (χ4n) is 1.57. The van der Waals surface area contributed by atoms with E-state index in [1.807, 2.05) is 0 Å². The summed E-state index contributed by atoms with van der Waals surface area (Å²) in [7, 11) is 0. The summed E-state index contributed by atoms with van der Waals surface area (Å²) in [6, 6.07) is 1.83. The van der Waals surface area contributed by atoms with Crippen LogP contribution in [0.3, 0.4) is 0 Å². The number of benzene rings is 1. The molecule has 140 valence electrons. The van der Waals surface area contributed by atoms with E-state index in [1.54, 1.807) is 13.8 Å². The van der Waals surface area contributed by atoms with Gasteiger partial charge in [-0.25, -0.2) is 0 Å². The minimum Gasteiger partial charge on any atom is -0.489 e. The highest BCUT2D eigenvalue weighted by molar-refractivity contribution is 6.32. The van der Waals surface area contributed by atoms with Crippen molar-refractivity contribution in [3.8, 4) is 11.5 Å². The van der Waals surface area contributed by atoms with Crippen LogP contribution in [-0.2, 0) is 11.0 Å². The molecule has 0 aliphatic heterocycles. The number of halogens is 6. The Morgan fingerprint density at radius 2 is 1.88 bits per heavy atom. The van der Waals surface area contributed by atoms with Gasteiger partial charge in [0.05, 0.1) is 10.7 Å². The zero-order valence-corrected chi connectivity index (χ0v) is 14.8. The van der Waals surface area contributed by atoms with Crippen LogP contribution in [0.15, 0.2) is 28.7 Å². The number of alkyl halides is 3. The predicted molar refractivity (Wildman–Crippen MR) is 87.2 cm³/mol. The van der Waals surface area contributed by atoms with Gasteiger partial charge in [-0.05, 0) is 19.9 Å². The number of rotatable bonds is 8. The second kappa shape index (κ2) is 9.72. The fraction of sp³-hybridized carbons (Fsp3) is 0.400. The minimum absolute atomic E-state index is 0.0587. The Bertz CT molecular complexity index is 640. The number of hydrogen-bond donors (Lipinski definition) is 0. The zero-order chi connectivity index (χ0) is 19.0. The van der Waals surface area contributed by atoms with Crippen molar-refractivity contribution in [2.24, 2.45) is 5.16 Å². The van der Waals surface area contributed by atoms with Gasteiger partial charge < -0.3 is 14.3 Å². The summed E-state index contributed by atoms with van der Waals surface area (Å²) in [5.41, 5.74) is -0.474. The van der Waals surface area contributed by atoms with Gasteiger partial charge in [-0.2, -0.15) is 17.6 Å². The summed E-state index contributed by atoms with van der Waals surface area (Å²) in [6.07, 6.45) is -3.88. The van der Waals surface area contributed by atoms with E-state index in [1.165, 1.54) is 0 Å². The maximum atomic E-state index is 13.2. The first-order valence-electron chi connectivity index (χ1n) is 6.92. The molecule has 0 aromatic heterocycles. The van der Waals surface area contributed by atoms with E-state index in [0.29, 0.717) is 11.8 Å². The lowest BCUT2D eigenvalue weighted by Gasteiger charge is -2.17. The van der Waals surface area contributed by atoms with E-state index in [2.05, 4.69) is 5.16 Å².